The van der Waals surface area contributed by atoms with Crippen molar-refractivity contribution in [3.8, 4) is 0 Å². The molecule has 2 aromatic rings. The van der Waals surface area contributed by atoms with Crippen molar-refractivity contribution in [2.45, 2.75) is 38.1 Å². The van der Waals surface area contributed by atoms with Crippen molar-refractivity contribution in [3.63, 3.8) is 0 Å². The monoisotopic (exact) mass is 306 g/mol. The van der Waals surface area contributed by atoms with E-state index < -0.39 is 0 Å². The number of aromatic nitrogens is 1. The number of amides is 1. The minimum atomic E-state index is 0.129. The molecule has 1 atom stereocenters. The van der Waals surface area contributed by atoms with Gasteiger partial charge in [0.2, 0.25) is 5.91 Å². The summed E-state index contributed by atoms with van der Waals surface area (Å²) in [4.78, 5) is 14.6. The SMILES string of the molecule is O=C(Cc1noc2ccccc12)N1CCCCC1CCCl. The molecule has 21 heavy (non-hydrogen) atoms. The van der Waals surface area contributed by atoms with Crippen LogP contribution in [0, 0.1) is 0 Å². The van der Waals surface area contributed by atoms with Gasteiger partial charge < -0.3 is 9.42 Å². The van der Waals surface area contributed by atoms with E-state index in [0.29, 0.717) is 12.3 Å². The molecule has 0 spiro atoms. The van der Waals surface area contributed by atoms with Crippen molar-refractivity contribution >= 4 is 28.5 Å². The highest BCUT2D eigenvalue weighted by Gasteiger charge is 2.27. The van der Waals surface area contributed by atoms with Crippen LogP contribution in [0.1, 0.15) is 31.4 Å². The molecule has 0 aliphatic carbocycles. The molecule has 1 amide bonds. The molecular weight excluding hydrogens is 288 g/mol. The molecule has 1 aliphatic rings. The van der Waals surface area contributed by atoms with Gasteiger partial charge in [-0.15, -0.1) is 11.6 Å². The van der Waals surface area contributed by atoms with Crippen molar-refractivity contribution in [2.24, 2.45) is 0 Å². The number of alkyl halides is 1. The average molecular weight is 307 g/mol. The van der Waals surface area contributed by atoms with Gasteiger partial charge in [-0.2, -0.15) is 0 Å². The number of rotatable bonds is 4. The van der Waals surface area contributed by atoms with E-state index in [1.54, 1.807) is 0 Å². The zero-order valence-corrected chi connectivity index (χ0v) is 12.7. The van der Waals surface area contributed by atoms with Gasteiger partial charge in [0.15, 0.2) is 5.58 Å². The van der Waals surface area contributed by atoms with Crippen LogP contribution < -0.4 is 0 Å². The second kappa shape index (κ2) is 6.48. The number of nitrogens with zero attached hydrogens (tertiary/aromatic N) is 2. The fourth-order valence-electron chi connectivity index (χ4n) is 3.07. The molecule has 5 heteroatoms. The molecule has 0 bridgehead atoms. The van der Waals surface area contributed by atoms with E-state index in [4.69, 9.17) is 16.1 Å². The molecule has 1 fully saturated rings. The topological polar surface area (TPSA) is 46.3 Å². The normalized spacial score (nSPS) is 19.1. The van der Waals surface area contributed by atoms with Gasteiger partial charge in [0.25, 0.3) is 0 Å². The van der Waals surface area contributed by atoms with E-state index in [2.05, 4.69) is 5.16 Å². The predicted molar refractivity (Wildman–Crippen MR) is 82.4 cm³/mol. The lowest BCUT2D eigenvalue weighted by molar-refractivity contribution is -0.134. The Morgan fingerprint density at radius 2 is 2.24 bits per heavy atom. The second-order valence-electron chi connectivity index (χ2n) is 5.52. The lowest BCUT2D eigenvalue weighted by Crippen LogP contribution is -2.44. The number of hydrogen-bond donors (Lipinski definition) is 0. The maximum atomic E-state index is 12.6. The number of likely N-dealkylation sites (tertiary alicyclic amines) is 1. The number of para-hydroxylation sites is 1. The Kier molecular flexibility index (Phi) is 4.44. The molecule has 0 radical (unpaired) electrons. The summed E-state index contributed by atoms with van der Waals surface area (Å²) in [6, 6.07) is 7.93. The third kappa shape index (κ3) is 3.05. The fourth-order valence-corrected chi connectivity index (χ4v) is 3.32. The van der Waals surface area contributed by atoms with E-state index in [1.807, 2.05) is 29.2 Å². The van der Waals surface area contributed by atoms with Crippen LogP contribution in [0.3, 0.4) is 0 Å². The van der Waals surface area contributed by atoms with Crippen LogP contribution >= 0.6 is 11.6 Å². The third-order valence-electron chi connectivity index (χ3n) is 4.16. The van der Waals surface area contributed by atoms with Crippen molar-refractivity contribution in [1.82, 2.24) is 10.1 Å². The summed E-state index contributed by atoms with van der Waals surface area (Å²) in [6.07, 6.45) is 4.48. The molecule has 112 valence electrons. The van der Waals surface area contributed by atoms with Gasteiger partial charge in [-0.3, -0.25) is 4.79 Å². The van der Waals surface area contributed by atoms with E-state index in [1.165, 1.54) is 6.42 Å². The Bertz CT molecular complexity index is 624. The molecule has 2 heterocycles. The minimum Gasteiger partial charge on any atom is -0.356 e. The number of carbonyl (C=O) groups is 1. The minimum absolute atomic E-state index is 0.129. The summed E-state index contributed by atoms with van der Waals surface area (Å²) < 4.78 is 5.27. The number of piperidine rings is 1. The predicted octanol–water partition coefficient (Wildman–Crippen LogP) is 3.38. The molecule has 1 aromatic carbocycles. The summed E-state index contributed by atoms with van der Waals surface area (Å²) >= 11 is 5.86. The summed E-state index contributed by atoms with van der Waals surface area (Å²) in [5.41, 5.74) is 1.46. The quantitative estimate of drug-likeness (QED) is 0.814. The summed E-state index contributed by atoms with van der Waals surface area (Å²) in [7, 11) is 0. The van der Waals surface area contributed by atoms with Gasteiger partial charge in [-0.05, 0) is 37.8 Å². The second-order valence-corrected chi connectivity index (χ2v) is 5.89. The van der Waals surface area contributed by atoms with Gasteiger partial charge in [0.05, 0.1) is 6.42 Å². The Morgan fingerprint density at radius 1 is 1.38 bits per heavy atom. The first-order valence-corrected chi connectivity index (χ1v) is 8.02. The number of benzene rings is 1. The van der Waals surface area contributed by atoms with Crippen molar-refractivity contribution in [2.75, 3.05) is 12.4 Å². The molecular formula is C16H19ClN2O2. The maximum Gasteiger partial charge on any atom is 0.228 e. The van der Waals surface area contributed by atoms with Crippen LogP contribution in [0.15, 0.2) is 28.8 Å². The standard InChI is InChI=1S/C16H19ClN2O2/c17-9-8-12-5-3-4-10-19(12)16(20)11-14-13-6-1-2-7-15(13)21-18-14/h1-2,6-7,12H,3-5,8-11H2. The van der Waals surface area contributed by atoms with Gasteiger partial charge >= 0.3 is 0 Å². The zero-order valence-electron chi connectivity index (χ0n) is 11.9. The molecule has 4 nitrogen and oxygen atoms in total. The van der Waals surface area contributed by atoms with E-state index in [-0.39, 0.29) is 11.9 Å². The Morgan fingerprint density at radius 3 is 3.10 bits per heavy atom. The first-order valence-electron chi connectivity index (χ1n) is 7.48. The first kappa shape index (κ1) is 14.4. The third-order valence-corrected chi connectivity index (χ3v) is 4.38. The van der Waals surface area contributed by atoms with Crippen molar-refractivity contribution < 1.29 is 9.32 Å². The highest BCUT2D eigenvalue weighted by molar-refractivity contribution is 6.17. The smallest absolute Gasteiger partial charge is 0.228 e. The number of carbonyl (C=O) groups excluding carboxylic acids is 1. The Hall–Kier alpha value is -1.55. The lowest BCUT2D eigenvalue weighted by atomic mass is 9.99. The fraction of sp³-hybridized carbons (Fsp3) is 0.500. The van der Waals surface area contributed by atoms with Crippen LogP contribution in [0.4, 0.5) is 0 Å². The molecule has 0 saturated carbocycles. The Labute approximate surface area is 129 Å². The molecule has 0 N–H and O–H groups in total. The Balaban J connectivity index is 1.75. The van der Waals surface area contributed by atoms with Gasteiger partial charge in [-0.25, -0.2) is 0 Å². The largest absolute Gasteiger partial charge is 0.356 e. The molecule has 1 unspecified atom stereocenters. The molecule has 1 saturated heterocycles. The maximum absolute atomic E-state index is 12.6. The number of halogens is 1. The number of hydrogen-bond acceptors (Lipinski definition) is 3. The highest BCUT2D eigenvalue weighted by atomic mass is 35.5. The van der Waals surface area contributed by atoms with Gasteiger partial charge in [0.1, 0.15) is 5.69 Å². The molecule has 3 rings (SSSR count). The summed E-state index contributed by atoms with van der Waals surface area (Å²) in [5, 5.41) is 4.98. The first-order chi connectivity index (χ1) is 10.3. The van der Waals surface area contributed by atoms with Crippen molar-refractivity contribution in [1.29, 1.82) is 0 Å². The summed E-state index contributed by atoms with van der Waals surface area (Å²) in [5.74, 6) is 0.727. The average Bonchev–Trinajstić information content (AvgIpc) is 2.91. The summed E-state index contributed by atoms with van der Waals surface area (Å²) in [6.45, 7) is 0.830. The van der Waals surface area contributed by atoms with Crippen LogP contribution in [0.5, 0.6) is 0 Å². The van der Waals surface area contributed by atoms with E-state index in [9.17, 15) is 4.79 Å². The van der Waals surface area contributed by atoms with Crippen molar-refractivity contribution in [3.05, 3.63) is 30.0 Å². The number of fused-ring (bicyclic) bond motifs is 1. The van der Waals surface area contributed by atoms with Gasteiger partial charge in [0, 0.05) is 23.9 Å². The van der Waals surface area contributed by atoms with Crippen LogP contribution in [-0.2, 0) is 11.2 Å². The zero-order chi connectivity index (χ0) is 14.7. The van der Waals surface area contributed by atoms with Gasteiger partial charge in [-0.1, -0.05) is 17.3 Å². The van der Waals surface area contributed by atoms with E-state index >= 15 is 0 Å². The molecule has 1 aliphatic heterocycles. The van der Waals surface area contributed by atoms with E-state index in [0.717, 1.165) is 42.5 Å². The molecule has 1 aromatic heterocycles. The van der Waals surface area contributed by atoms with Crippen LogP contribution in [0.25, 0.3) is 11.0 Å². The highest BCUT2D eigenvalue weighted by Crippen LogP contribution is 2.23. The van der Waals surface area contributed by atoms with Crippen LogP contribution in [-0.4, -0.2) is 34.4 Å². The van der Waals surface area contributed by atoms with Crippen LogP contribution in [0.2, 0.25) is 0 Å². The lowest BCUT2D eigenvalue weighted by Gasteiger charge is -2.35.